The molecule has 0 saturated carbocycles. The molecule has 0 aliphatic carbocycles. The SMILES string of the molecule is Clc1ncnc2sc(SCc3ccccc3)nc12. The lowest BCUT2D eigenvalue weighted by atomic mass is 10.2. The van der Waals surface area contributed by atoms with Gasteiger partial charge in [-0.3, -0.25) is 0 Å². The van der Waals surface area contributed by atoms with Gasteiger partial charge in [0.25, 0.3) is 0 Å². The molecular weight excluding hydrogens is 286 g/mol. The van der Waals surface area contributed by atoms with Crippen molar-refractivity contribution in [2.75, 3.05) is 0 Å². The quantitative estimate of drug-likeness (QED) is 0.540. The summed E-state index contributed by atoms with van der Waals surface area (Å²) in [4.78, 5) is 13.4. The Morgan fingerprint density at radius 3 is 2.78 bits per heavy atom. The lowest BCUT2D eigenvalue weighted by Crippen LogP contribution is -1.80. The lowest BCUT2D eigenvalue weighted by molar-refractivity contribution is 1.20. The number of hydrogen-bond acceptors (Lipinski definition) is 5. The van der Waals surface area contributed by atoms with Crippen LogP contribution in [0.5, 0.6) is 0 Å². The highest BCUT2D eigenvalue weighted by atomic mass is 35.5. The fourth-order valence-electron chi connectivity index (χ4n) is 1.49. The fraction of sp³-hybridized carbons (Fsp3) is 0.0833. The highest BCUT2D eigenvalue weighted by Gasteiger charge is 2.09. The molecule has 0 aliphatic rings. The number of rotatable bonds is 3. The molecule has 0 bridgehead atoms. The third-order valence-corrected chi connectivity index (χ3v) is 4.79. The van der Waals surface area contributed by atoms with Crippen LogP contribution in [0.1, 0.15) is 5.56 Å². The average molecular weight is 294 g/mol. The Balaban J connectivity index is 1.81. The summed E-state index contributed by atoms with van der Waals surface area (Å²) in [5.74, 6) is 0.895. The molecular formula is C12H8ClN3S2. The van der Waals surface area contributed by atoms with Gasteiger partial charge in [-0.05, 0) is 5.56 Å². The van der Waals surface area contributed by atoms with Gasteiger partial charge in [0.15, 0.2) is 9.49 Å². The summed E-state index contributed by atoms with van der Waals surface area (Å²) in [6.45, 7) is 0. The van der Waals surface area contributed by atoms with E-state index in [1.807, 2.05) is 18.2 Å². The van der Waals surface area contributed by atoms with Crippen LogP contribution in [-0.2, 0) is 5.75 Å². The minimum Gasteiger partial charge on any atom is -0.225 e. The smallest absolute Gasteiger partial charge is 0.159 e. The van der Waals surface area contributed by atoms with Crippen molar-refractivity contribution in [3.05, 3.63) is 47.4 Å². The van der Waals surface area contributed by atoms with Crippen molar-refractivity contribution in [3.8, 4) is 0 Å². The largest absolute Gasteiger partial charge is 0.225 e. The molecule has 0 radical (unpaired) electrons. The first kappa shape index (κ1) is 11.9. The molecule has 0 unspecified atom stereocenters. The van der Waals surface area contributed by atoms with Gasteiger partial charge in [-0.1, -0.05) is 65.0 Å². The number of nitrogens with zero attached hydrogens (tertiary/aromatic N) is 3. The maximum Gasteiger partial charge on any atom is 0.159 e. The van der Waals surface area contributed by atoms with E-state index in [1.54, 1.807) is 23.1 Å². The molecule has 18 heavy (non-hydrogen) atoms. The summed E-state index contributed by atoms with van der Waals surface area (Å²) >= 11 is 9.21. The maximum atomic E-state index is 5.97. The summed E-state index contributed by atoms with van der Waals surface area (Å²) in [6, 6.07) is 10.3. The first-order chi connectivity index (χ1) is 8.83. The molecule has 2 heterocycles. The predicted molar refractivity (Wildman–Crippen MR) is 76.2 cm³/mol. The van der Waals surface area contributed by atoms with Gasteiger partial charge in [0.1, 0.15) is 16.7 Å². The van der Waals surface area contributed by atoms with Crippen molar-refractivity contribution in [2.45, 2.75) is 10.1 Å². The van der Waals surface area contributed by atoms with E-state index in [4.69, 9.17) is 11.6 Å². The monoisotopic (exact) mass is 293 g/mol. The molecule has 0 amide bonds. The van der Waals surface area contributed by atoms with Gasteiger partial charge in [-0.15, -0.1) is 0 Å². The molecule has 6 heteroatoms. The van der Waals surface area contributed by atoms with Gasteiger partial charge in [0.2, 0.25) is 0 Å². The van der Waals surface area contributed by atoms with E-state index in [1.165, 1.54) is 11.9 Å². The summed E-state index contributed by atoms with van der Waals surface area (Å²) in [7, 11) is 0. The second-order valence-corrected chi connectivity index (χ2v) is 6.13. The highest BCUT2D eigenvalue weighted by Crippen LogP contribution is 2.32. The fourth-order valence-corrected chi connectivity index (χ4v) is 3.65. The van der Waals surface area contributed by atoms with Gasteiger partial charge in [0.05, 0.1) is 0 Å². The second kappa shape index (κ2) is 5.22. The maximum absolute atomic E-state index is 5.97. The lowest BCUT2D eigenvalue weighted by Gasteiger charge is -1.96. The van der Waals surface area contributed by atoms with E-state index >= 15 is 0 Å². The van der Waals surface area contributed by atoms with Crippen LogP contribution >= 0.6 is 34.7 Å². The predicted octanol–water partition coefficient (Wildman–Crippen LogP) is 4.03. The molecule has 0 aliphatic heterocycles. The van der Waals surface area contributed by atoms with Crippen LogP contribution in [0.15, 0.2) is 41.0 Å². The van der Waals surface area contributed by atoms with E-state index in [-0.39, 0.29) is 0 Å². The van der Waals surface area contributed by atoms with Crippen LogP contribution in [0.4, 0.5) is 0 Å². The minimum atomic E-state index is 0.419. The Kier molecular flexibility index (Phi) is 3.45. The number of fused-ring (bicyclic) bond motifs is 1. The molecule has 90 valence electrons. The molecule has 1 aromatic carbocycles. The number of thioether (sulfide) groups is 1. The van der Waals surface area contributed by atoms with E-state index < -0.39 is 0 Å². The van der Waals surface area contributed by atoms with Crippen LogP contribution in [0, 0.1) is 0 Å². The molecule has 3 rings (SSSR count). The van der Waals surface area contributed by atoms with Gasteiger partial charge in [-0.2, -0.15) is 0 Å². The molecule has 0 saturated heterocycles. The third-order valence-electron chi connectivity index (χ3n) is 2.34. The Labute approximate surface area is 117 Å². The standard InChI is InChI=1S/C12H8ClN3S2/c13-10-9-11(15-7-14-10)18-12(16-9)17-6-8-4-2-1-3-5-8/h1-5,7H,6H2. The van der Waals surface area contributed by atoms with Crippen LogP contribution < -0.4 is 0 Å². The molecule has 0 atom stereocenters. The molecule has 0 spiro atoms. The zero-order valence-electron chi connectivity index (χ0n) is 9.21. The zero-order chi connectivity index (χ0) is 12.4. The molecule has 3 aromatic rings. The Hall–Kier alpha value is -1.17. The van der Waals surface area contributed by atoms with Crippen LogP contribution in [0.2, 0.25) is 5.15 Å². The molecule has 0 N–H and O–H groups in total. The van der Waals surface area contributed by atoms with Crippen molar-refractivity contribution in [1.82, 2.24) is 15.0 Å². The van der Waals surface area contributed by atoms with E-state index in [2.05, 4.69) is 27.1 Å². The van der Waals surface area contributed by atoms with Crippen molar-refractivity contribution in [1.29, 1.82) is 0 Å². The molecule has 3 nitrogen and oxygen atoms in total. The van der Waals surface area contributed by atoms with Gasteiger partial charge < -0.3 is 0 Å². The van der Waals surface area contributed by atoms with Crippen molar-refractivity contribution in [2.24, 2.45) is 0 Å². The number of halogens is 1. The summed E-state index contributed by atoms with van der Waals surface area (Å²) in [5.41, 5.74) is 1.97. The second-order valence-electron chi connectivity index (χ2n) is 3.57. The first-order valence-corrected chi connectivity index (χ1v) is 7.45. The van der Waals surface area contributed by atoms with E-state index in [9.17, 15) is 0 Å². The van der Waals surface area contributed by atoms with E-state index in [0.717, 1.165) is 14.9 Å². The van der Waals surface area contributed by atoms with Gasteiger partial charge >= 0.3 is 0 Å². The Bertz CT molecular complexity index is 669. The minimum absolute atomic E-state index is 0.419. The van der Waals surface area contributed by atoms with Crippen molar-refractivity contribution in [3.63, 3.8) is 0 Å². The number of aromatic nitrogens is 3. The normalized spacial score (nSPS) is 10.9. The van der Waals surface area contributed by atoms with E-state index in [0.29, 0.717) is 10.7 Å². The topological polar surface area (TPSA) is 38.7 Å². The highest BCUT2D eigenvalue weighted by molar-refractivity contribution is 8.00. The number of thiazole rings is 1. The van der Waals surface area contributed by atoms with Crippen LogP contribution in [0.3, 0.4) is 0 Å². The third kappa shape index (κ3) is 2.48. The number of benzene rings is 1. The van der Waals surface area contributed by atoms with Crippen molar-refractivity contribution >= 4 is 45.0 Å². The summed E-state index contributed by atoms with van der Waals surface area (Å²) in [6.07, 6.45) is 1.47. The molecule has 2 aromatic heterocycles. The molecule has 0 fully saturated rings. The summed E-state index contributed by atoms with van der Waals surface area (Å²) in [5, 5.41) is 0.419. The van der Waals surface area contributed by atoms with Gasteiger partial charge in [-0.25, -0.2) is 15.0 Å². The first-order valence-electron chi connectivity index (χ1n) is 5.27. The zero-order valence-corrected chi connectivity index (χ0v) is 11.6. The average Bonchev–Trinajstić information content (AvgIpc) is 2.82. The van der Waals surface area contributed by atoms with Crippen molar-refractivity contribution < 1.29 is 0 Å². The van der Waals surface area contributed by atoms with Crippen LogP contribution in [-0.4, -0.2) is 15.0 Å². The Morgan fingerprint density at radius 1 is 1.17 bits per heavy atom. The Morgan fingerprint density at radius 2 is 2.00 bits per heavy atom. The number of hydrogen-bond donors (Lipinski definition) is 0. The van der Waals surface area contributed by atoms with Gasteiger partial charge in [0, 0.05) is 5.75 Å². The summed E-state index contributed by atoms with van der Waals surface area (Å²) < 4.78 is 0.969. The van der Waals surface area contributed by atoms with Crippen LogP contribution in [0.25, 0.3) is 10.3 Å².